The fourth-order valence-corrected chi connectivity index (χ4v) is 4.05. The van der Waals surface area contributed by atoms with E-state index in [1.165, 1.54) is 5.56 Å². The van der Waals surface area contributed by atoms with Crippen molar-refractivity contribution in [2.24, 2.45) is 0 Å². The molecule has 1 saturated heterocycles. The van der Waals surface area contributed by atoms with Crippen LogP contribution in [-0.4, -0.2) is 39.1 Å². The Balaban J connectivity index is 1.72. The molecule has 0 saturated carbocycles. The minimum atomic E-state index is -2.80. The molecule has 1 aliphatic rings. The molecule has 1 unspecified atom stereocenters. The third-order valence-corrected chi connectivity index (χ3v) is 5.12. The number of ether oxygens (including phenoxy) is 1. The van der Waals surface area contributed by atoms with Crippen LogP contribution in [0.15, 0.2) is 18.2 Å². The van der Waals surface area contributed by atoms with E-state index in [0.29, 0.717) is 25.3 Å². The Bertz CT molecular complexity index is 540. The van der Waals surface area contributed by atoms with Crippen molar-refractivity contribution < 1.29 is 13.2 Å². The first-order chi connectivity index (χ1) is 8.96. The molecule has 0 aliphatic carbocycles. The largest absolute Gasteiger partial charge is 0.492 e. The first-order valence-corrected chi connectivity index (χ1v) is 8.42. The average molecular weight is 283 g/mol. The number of hydrogen-bond acceptors (Lipinski definition) is 4. The average Bonchev–Trinajstić information content (AvgIpc) is 2.67. The lowest BCUT2D eigenvalue weighted by molar-refractivity contribution is 0.305. The summed E-state index contributed by atoms with van der Waals surface area (Å²) in [4.78, 5) is 0. The highest BCUT2D eigenvalue weighted by atomic mass is 32.2. The van der Waals surface area contributed by atoms with Gasteiger partial charge in [-0.3, -0.25) is 0 Å². The first kappa shape index (κ1) is 14.3. The molecule has 0 bridgehead atoms. The summed E-state index contributed by atoms with van der Waals surface area (Å²) >= 11 is 0. The zero-order valence-electron chi connectivity index (χ0n) is 11.5. The van der Waals surface area contributed by atoms with E-state index < -0.39 is 9.84 Å². The van der Waals surface area contributed by atoms with Gasteiger partial charge in [0.15, 0.2) is 9.84 Å². The Morgan fingerprint density at radius 1 is 1.37 bits per heavy atom. The van der Waals surface area contributed by atoms with Gasteiger partial charge in [-0.1, -0.05) is 17.7 Å². The van der Waals surface area contributed by atoms with Gasteiger partial charge in [-0.2, -0.15) is 0 Å². The number of benzene rings is 1. The lowest BCUT2D eigenvalue weighted by Gasteiger charge is -2.13. The third kappa shape index (κ3) is 4.21. The van der Waals surface area contributed by atoms with E-state index in [2.05, 4.69) is 18.3 Å². The zero-order chi connectivity index (χ0) is 13.9. The van der Waals surface area contributed by atoms with Gasteiger partial charge in [0.25, 0.3) is 0 Å². The summed E-state index contributed by atoms with van der Waals surface area (Å²) in [6.45, 7) is 5.31. The van der Waals surface area contributed by atoms with Gasteiger partial charge in [-0.05, 0) is 31.9 Å². The predicted octanol–water partition coefficient (Wildman–Crippen LogP) is 1.46. The summed E-state index contributed by atoms with van der Waals surface area (Å²) in [5, 5.41) is 3.23. The van der Waals surface area contributed by atoms with Gasteiger partial charge in [0, 0.05) is 12.6 Å². The molecular formula is C14H21NO3S. The van der Waals surface area contributed by atoms with Gasteiger partial charge in [-0.15, -0.1) is 0 Å². The van der Waals surface area contributed by atoms with Crippen LogP contribution < -0.4 is 10.1 Å². The van der Waals surface area contributed by atoms with Crippen LogP contribution in [0.1, 0.15) is 17.5 Å². The van der Waals surface area contributed by atoms with E-state index in [4.69, 9.17) is 4.74 Å². The molecule has 1 heterocycles. The number of sulfone groups is 1. The van der Waals surface area contributed by atoms with Gasteiger partial charge < -0.3 is 10.1 Å². The van der Waals surface area contributed by atoms with E-state index in [1.807, 2.05) is 19.1 Å². The maximum Gasteiger partial charge on any atom is 0.151 e. The van der Waals surface area contributed by atoms with E-state index in [1.54, 1.807) is 0 Å². The van der Waals surface area contributed by atoms with Crippen LogP contribution in [0.3, 0.4) is 0 Å². The van der Waals surface area contributed by atoms with Crippen LogP contribution in [-0.2, 0) is 9.84 Å². The molecule has 1 aromatic rings. The quantitative estimate of drug-likeness (QED) is 0.831. The highest BCUT2D eigenvalue weighted by Gasteiger charge is 2.26. The predicted molar refractivity (Wildman–Crippen MR) is 76.5 cm³/mol. The summed E-state index contributed by atoms with van der Waals surface area (Å²) in [5.74, 6) is 1.46. The van der Waals surface area contributed by atoms with Crippen molar-refractivity contribution in [1.29, 1.82) is 0 Å². The molecule has 1 N–H and O–H groups in total. The monoisotopic (exact) mass is 283 g/mol. The number of nitrogens with one attached hydrogen (secondary N) is 1. The van der Waals surface area contributed by atoms with Crippen LogP contribution in [0, 0.1) is 13.8 Å². The molecule has 5 heteroatoms. The maximum absolute atomic E-state index is 11.3. The van der Waals surface area contributed by atoms with Crippen LogP contribution in [0.4, 0.5) is 0 Å². The summed E-state index contributed by atoms with van der Waals surface area (Å²) in [6, 6.07) is 6.18. The molecule has 2 rings (SSSR count). The van der Waals surface area contributed by atoms with E-state index in [-0.39, 0.29) is 11.8 Å². The minimum Gasteiger partial charge on any atom is -0.492 e. The van der Waals surface area contributed by atoms with Gasteiger partial charge in [-0.25, -0.2) is 8.42 Å². The number of aryl methyl sites for hydroxylation is 2. The second-order valence-electron chi connectivity index (χ2n) is 5.17. The Morgan fingerprint density at radius 3 is 2.79 bits per heavy atom. The van der Waals surface area contributed by atoms with Crippen molar-refractivity contribution in [2.75, 3.05) is 24.7 Å². The van der Waals surface area contributed by atoms with Crippen LogP contribution in [0.5, 0.6) is 5.75 Å². The smallest absolute Gasteiger partial charge is 0.151 e. The normalized spacial score (nSPS) is 21.5. The van der Waals surface area contributed by atoms with Crippen molar-refractivity contribution in [3.63, 3.8) is 0 Å². The lowest BCUT2D eigenvalue weighted by atomic mass is 10.1. The molecule has 106 valence electrons. The SMILES string of the molecule is Cc1ccc(OCCNC2CCS(=O)(=O)C2)c(C)c1. The minimum absolute atomic E-state index is 0.0905. The second-order valence-corrected chi connectivity index (χ2v) is 7.40. The standard InChI is InChI=1S/C14H21NO3S/c1-11-3-4-14(12(2)9-11)18-7-6-15-13-5-8-19(16,17)10-13/h3-4,9,13,15H,5-8,10H2,1-2H3. The summed E-state index contributed by atoms with van der Waals surface area (Å²) in [7, 11) is -2.80. The van der Waals surface area contributed by atoms with Gasteiger partial charge in [0.05, 0.1) is 11.5 Å². The molecule has 1 aliphatic heterocycles. The second kappa shape index (κ2) is 5.92. The number of rotatable bonds is 5. The Morgan fingerprint density at radius 2 is 2.16 bits per heavy atom. The molecule has 1 atom stereocenters. The lowest BCUT2D eigenvalue weighted by Crippen LogP contribution is -2.33. The molecule has 1 fully saturated rings. The Hall–Kier alpha value is -1.07. The van der Waals surface area contributed by atoms with Crippen molar-refractivity contribution in [3.05, 3.63) is 29.3 Å². The van der Waals surface area contributed by atoms with Crippen molar-refractivity contribution in [2.45, 2.75) is 26.3 Å². The van der Waals surface area contributed by atoms with Crippen LogP contribution >= 0.6 is 0 Å². The van der Waals surface area contributed by atoms with Crippen molar-refractivity contribution >= 4 is 9.84 Å². The van der Waals surface area contributed by atoms with E-state index >= 15 is 0 Å². The molecule has 1 aromatic carbocycles. The molecule has 0 radical (unpaired) electrons. The summed E-state index contributed by atoms with van der Waals surface area (Å²) in [5.41, 5.74) is 2.35. The molecule has 0 spiro atoms. The van der Waals surface area contributed by atoms with Crippen LogP contribution in [0.25, 0.3) is 0 Å². The van der Waals surface area contributed by atoms with E-state index in [0.717, 1.165) is 11.3 Å². The molecule has 4 nitrogen and oxygen atoms in total. The molecule has 0 aromatic heterocycles. The van der Waals surface area contributed by atoms with Gasteiger partial charge >= 0.3 is 0 Å². The zero-order valence-corrected chi connectivity index (χ0v) is 12.3. The molecule has 0 amide bonds. The molecular weight excluding hydrogens is 262 g/mol. The topological polar surface area (TPSA) is 55.4 Å². The van der Waals surface area contributed by atoms with E-state index in [9.17, 15) is 8.42 Å². The fourth-order valence-electron chi connectivity index (χ4n) is 2.34. The first-order valence-electron chi connectivity index (χ1n) is 6.60. The van der Waals surface area contributed by atoms with Gasteiger partial charge in [0.2, 0.25) is 0 Å². The third-order valence-electron chi connectivity index (χ3n) is 3.36. The van der Waals surface area contributed by atoms with Gasteiger partial charge in [0.1, 0.15) is 12.4 Å². The molecule has 19 heavy (non-hydrogen) atoms. The van der Waals surface area contributed by atoms with Crippen molar-refractivity contribution in [1.82, 2.24) is 5.32 Å². The van der Waals surface area contributed by atoms with Crippen LogP contribution in [0.2, 0.25) is 0 Å². The summed E-state index contributed by atoms with van der Waals surface area (Å²) < 4.78 is 28.3. The fraction of sp³-hybridized carbons (Fsp3) is 0.571. The highest BCUT2D eigenvalue weighted by Crippen LogP contribution is 2.18. The highest BCUT2D eigenvalue weighted by molar-refractivity contribution is 7.91. The Labute approximate surface area is 115 Å². The summed E-state index contributed by atoms with van der Waals surface area (Å²) in [6.07, 6.45) is 0.714. The Kier molecular flexibility index (Phi) is 4.47. The maximum atomic E-state index is 11.3. The number of hydrogen-bond donors (Lipinski definition) is 1. The van der Waals surface area contributed by atoms with Crippen molar-refractivity contribution in [3.8, 4) is 5.75 Å².